The van der Waals surface area contributed by atoms with Crippen LogP contribution in [0.15, 0.2) is 53.5 Å². The van der Waals surface area contributed by atoms with Crippen molar-refractivity contribution < 1.29 is 19.4 Å². The van der Waals surface area contributed by atoms with Gasteiger partial charge in [0.15, 0.2) is 5.96 Å². The van der Waals surface area contributed by atoms with Crippen molar-refractivity contribution in [2.24, 2.45) is 10.7 Å². The van der Waals surface area contributed by atoms with Crippen LogP contribution in [0.25, 0.3) is 11.1 Å². The monoisotopic (exact) mass is 395 g/mol. The normalized spacial score (nSPS) is 14.0. The molecule has 0 heterocycles. The van der Waals surface area contributed by atoms with Gasteiger partial charge in [-0.1, -0.05) is 48.5 Å². The van der Waals surface area contributed by atoms with Gasteiger partial charge in [0.2, 0.25) is 0 Å². The Kier molecular flexibility index (Phi) is 6.46. The fraction of sp³-hybridized carbons (Fsp3) is 0.286. The van der Waals surface area contributed by atoms with E-state index in [2.05, 4.69) is 22.4 Å². The number of ether oxygens (including phenoxy) is 1. The topological polar surface area (TPSA) is 138 Å². The highest BCUT2D eigenvalue weighted by molar-refractivity contribution is 5.92. The second-order valence-corrected chi connectivity index (χ2v) is 6.75. The van der Waals surface area contributed by atoms with E-state index >= 15 is 0 Å². The maximum Gasteiger partial charge on any atom is 0.413 e. The Morgan fingerprint density at radius 1 is 1.14 bits per heavy atom. The third kappa shape index (κ3) is 4.91. The lowest BCUT2D eigenvalue weighted by Gasteiger charge is -2.14. The van der Waals surface area contributed by atoms with Crippen LogP contribution in [0.4, 0.5) is 4.79 Å². The molecule has 151 valence electrons. The van der Waals surface area contributed by atoms with Gasteiger partial charge < -0.3 is 15.6 Å². The summed E-state index contributed by atoms with van der Waals surface area (Å²) in [6.45, 7) is 0.393. The second kappa shape index (κ2) is 9.20. The molecule has 8 heteroatoms. The molecular weight excluding hydrogens is 372 g/mol. The Morgan fingerprint density at radius 3 is 2.31 bits per heavy atom. The molecule has 0 bridgehead atoms. The fourth-order valence-electron chi connectivity index (χ4n) is 3.40. The molecule has 0 spiro atoms. The van der Waals surface area contributed by atoms with Crippen LogP contribution in [-0.4, -0.2) is 42.3 Å². The number of guanidine groups is 1. The largest absolute Gasteiger partial charge is 0.480 e. The van der Waals surface area contributed by atoms with Gasteiger partial charge in [-0.2, -0.15) is 0 Å². The number of rotatable bonds is 7. The van der Waals surface area contributed by atoms with Gasteiger partial charge in [-0.05, 0) is 35.1 Å². The van der Waals surface area contributed by atoms with Crippen LogP contribution in [0.3, 0.4) is 0 Å². The quantitative estimate of drug-likeness (QED) is 0.375. The van der Waals surface area contributed by atoms with Crippen molar-refractivity contribution in [1.29, 1.82) is 0 Å². The third-order valence-corrected chi connectivity index (χ3v) is 4.80. The van der Waals surface area contributed by atoms with Gasteiger partial charge in [-0.25, -0.2) is 10.5 Å². The SMILES string of the molecule is [NH]C(CCCN=C(N)NC(=O)OCC1c2ccccc2-c2ccccc21)C(=O)O. The van der Waals surface area contributed by atoms with E-state index in [1.807, 2.05) is 36.4 Å². The molecule has 3 rings (SSSR count). The van der Waals surface area contributed by atoms with Crippen LogP contribution in [0.1, 0.15) is 29.9 Å². The highest BCUT2D eigenvalue weighted by Crippen LogP contribution is 2.44. The van der Waals surface area contributed by atoms with Gasteiger partial charge >= 0.3 is 12.1 Å². The lowest BCUT2D eigenvalue weighted by Crippen LogP contribution is -2.38. The summed E-state index contributed by atoms with van der Waals surface area (Å²) >= 11 is 0. The summed E-state index contributed by atoms with van der Waals surface area (Å²) in [6, 6.07) is 14.9. The van der Waals surface area contributed by atoms with Gasteiger partial charge in [0.25, 0.3) is 0 Å². The lowest BCUT2D eigenvalue weighted by molar-refractivity contribution is -0.138. The second-order valence-electron chi connectivity index (χ2n) is 6.75. The first-order valence-electron chi connectivity index (χ1n) is 9.33. The zero-order valence-corrected chi connectivity index (χ0v) is 15.8. The Labute approximate surface area is 168 Å². The van der Waals surface area contributed by atoms with Gasteiger partial charge in [0.05, 0.1) is 0 Å². The van der Waals surface area contributed by atoms with E-state index in [1.54, 1.807) is 0 Å². The van der Waals surface area contributed by atoms with Crippen LogP contribution in [0.5, 0.6) is 0 Å². The van der Waals surface area contributed by atoms with Crippen LogP contribution in [0.2, 0.25) is 0 Å². The smallest absolute Gasteiger partial charge is 0.413 e. The summed E-state index contributed by atoms with van der Waals surface area (Å²) in [4.78, 5) is 26.6. The Hall–Kier alpha value is -3.39. The Morgan fingerprint density at radius 2 is 1.72 bits per heavy atom. The number of amides is 1. The summed E-state index contributed by atoms with van der Waals surface area (Å²) in [5.74, 6) is -1.31. The third-order valence-electron chi connectivity index (χ3n) is 4.80. The number of carbonyl (C=O) groups is 2. The number of carboxylic acid groups (broad SMARTS) is 1. The van der Waals surface area contributed by atoms with E-state index in [-0.39, 0.29) is 31.4 Å². The van der Waals surface area contributed by atoms with Crippen LogP contribution >= 0.6 is 0 Å². The number of hydrogen-bond donors (Lipinski definition) is 3. The number of fused-ring (bicyclic) bond motifs is 3. The molecule has 1 aliphatic rings. The lowest BCUT2D eigenvalue weighted by atomic mass is 9.98. The molecule has 1 unspecified atom stereocenters. The van der Waals surface area contributed by atoms with Gasteiger partial charge in [-0.15, -0.1) is 0 Å². The van der Waals surface area contributed by atoms with Crippen molar-refractivity contribution in [3.05, 3.63) is 59.7 Å². The number of nitrogens with one attached hydrogen (secondary N) is 2. The maximum absolute atomic E-state index is 12.1. The first kappa shape index (κ1) is 20.3. The minimum Gasteiger partial charge on any atom is -0.480 e. The van der Waals surface area contributed by atoms with E-state index in [4.69, 9.17) is 21.3 Å². The molecule has 1 atom stereocenters. The summed E-state index contributed by atoms with van der Waals surface area (Å²) in [7, 11) is 0. The number of nitrogens with zero attached hydrogens (tertiary/aromatic N) is 1. The highest BCUT2D eigenvalue weighted by atomic mass is 16.5. The maximum atomic E-state index is 12.1. The zero-order valence-electron chi connectivity index (χ0n) is 15.8. The molecule has 0 fully saturated rings. The predicted octanol–water partition coefficient (Wildman–Crippen LogP) is 2.36. The number of benzene rings is 2. The molecule has 2 aromatic rings. The fourth-order valence-corrected chi connectivity index (χ4v) is 3.40. The number of nitrogens with two attached hydrogens (primary N) is 1. The van der Waals surface area contributed by atoms with Gasteiger partial charge in [0.1, 0.15) is 12.6 Å². The van der Waals surface area contributed by atoms with Crippen molar-refractivity contribution in [1.82, 2.24) is 11.1 Å². The van der Waals surface area contributed by atoms with Crippen LogP contribution in [0, 0.1) is 0 Å². The standard InChI is InChI=1S/C21H23N4O4/c22-18(19(26)27)10-5-11-24-20(23)25-21(28)29-12-17-15-8-3-1-6-13(15)14-7-2-4-9-16(14)17/h1-4,6-9,17-18,22H,5,10-12H2,(H,26,27)(H3,23,24,25,28). The molecule has 1 amide bonds. The van der Waals surface area contributed by atoms with Gasteiger partial charge in [-0.3, -0.25) is 15.1 Å². The number of carboxylic acids is 1. The molecule has 1 radical (unpaired) electrons. The zero-order chi connectivity index (χ0) is 20.8. The summed E-state index contributed by atoms with van der Waals surface area (Å²) in [5.41, 5.74) is 17.5. The molecule has 8 nitrogen and oxygen atoms in total. The summed E-state index contributed by atoms with van der Waals surface area (Å²) in [5, 5.41) is 11.0. The van der Waals surface area contributed by atoms with Crippen molar-refractivity contribution in [3.8, 4) is 11.1 Å². The number of hydrogen-bond acceptors (Lipinski definition) is 4. The van der Waals surface area contributed by atoms with E-state index in [9.17, 15) is 9.59 Å². The number of carbonyl (C=O) groups excluding carboxylic acids is 1. The average molecular weight is 395 g/mol. The Balaban J connectivity index is 1.52. The molecule has 0 aliphatic heterocycles. The van der Waals surface area contributed by atoms with Crippen molar-refractivity contribution >= 4 is 18.0 Å². The van der Waals surface area contributed by atoms with Crippen LogP contribution in [-0.2, 0) is 9.53 Å². The van der Waals surface area contributed by atoms with Crippen molar-refractivity contribution in [3.63, 3.8) is 0 Å². The number of aliphatic carboxylic acids is 1. The Bertz CT molecular complexity index is 883. The molecule has 0 saturated carbocycles. The summed E-state index contributed by atoms with van der Waals surface area (Å²) < 4.78 is 5.37. The van der Waals surface area contributed by atoms with E-state index in [0.29, 0.717) is 6.42 Å². The minimum atomic E-state index is -1.18. The average Bonchev–Trinajstić information content (AvgIpc) is 3.03. The predicted molar refractivity (Wildman–Crippen MR) is 108 cm³/mol. The summed E-state index contributed by atoms with van der Waals surface area (Å²) in [6.07, 6.45) is -0.151. The number of aliphatic imine (C=N–C) groups is 1. The highest BCUT2D eigenvalue weighted by Gasteiger charge is 2.29. The van der Waals surface area contributed by atoms with E-state index in [1.165, 1.54) is 0 Å². The minimum absolute atomic E-state index is 0.0451. The molecule has 5 N–H and O–H groups in total. The molecule has 0 aromatic heterocycles. The number of alkyl carbamates (subject to hydrolysis) is 1. The van der Waals surface area contributed by atoms with Crippen molar-refractivity contribution in [2.45, 2.75) is 24.8 Å². The molecule has 29 heavy (non-hydrogen) atoms. The van der Waals surface area contributed by atoms with E-state index in [0.717, 1.165) is 22.3 Å². The van der Waals surface area contributed by atoms with E-state index < -0.39 is 18.1 Å². The molecule has 2 aromatic carbocycles. The molecular formula is C21H23N4O4. The first-order chi connectivity index (χ1) is 14.0. The molecule has 1 aliphatic carbocycles. The van der Waals surface area contributed by atoms with Crippen LogP contribution < -0.4 is 16.8 Å². The van der Waals surface area contributed by atoms with Gasteiger partial charge in [0, 0.05) is 12.5 Å². The van der Waals surface area contributed by atoms with Crippen molar-refractivity contribution in [2.75, 3.05) is 13.2 Å². The first-order valence-corrected chi connectivity index (χ1v) is 9.33. The molecule has 0 saturated heterocycles.